The fourth-order valence-electron chi connectivity index (χ4n) is 1.47. The number of carboxylic acids is 1. The Balaban J connectivity index is 3.34. The molecule has 0 spiro atoms. The van der Waals surface area contributed by atoms with Crippen LogP contribution in [0.2, 0.25) is 0 Å². The highest BCUT2D eigenvalue weighted by molar-refractivity contribution is 7.94. The maximum atomic E-state index is 13.6. The molecule has 0 fully saturated rings. The molecule has 9 heteroatoms. The first-order chi connectivity index (χ1) is 8.94. The van der Waals surface area contributed by atoms with Crippen LogP contribution in [0.3, 0.4) is 0 Å². The zero-order chi connectivity index (χ0) is 15.7. The molecule has 0 bridgehead atoms. The number of sulfone groups is 2. The number of hydrogen-bond donors (Lipinski definition) is 1. The summed E-state index contributed by atoms with van der Waals surface area (Å²) in [6, 6.07) is 1.55. The first-order valence-corrected chi connectivity index (χ1v) is 9.09. The monoisotopic (exact) mass is 324 g/mol. The second-order valence-corrected chi connectivity index (χ2v) is 8.67. The van der Waals surface area contributed by atoms with E-state index < -0.39 is 53.4 Å². The largest absolute Gasteiger partial charge is 0.478 e. The Morgan fingerprint density at radius 1 is 1.20 bits per heavy atom. The lowest BCUT2D eigenvalue weighted by atomic mass is 10.1. The molecule has 0 aromatic heterocycles. The van der Waals surface area contributed by atoms with Gasteiger partial charge in [-0.25, -0.2) is 26.0 Å². The molecule has 0 saturated heterocycles. The minimum Gasteiger partial charge on any atom is -0.478 e. The van der Waals surface area contributed by atoms with E-state index in [4.69, 9.17) is 5.11 Å². The first-order valence-electron chi connectivity index (χ1n) is 5.38. The maximum absolute atomic E-state index is 13.6. The van der Waals surface area contributed by atoms with Crippen molar-refractivity contribution >= 4 is 25.6 Å². The SMILES string of the molecule is Cc1c(F)cc(C(=O)O)cc1S(=O)(=O)CCS(C)(=O)=O. The van der Waals surface area contributed by atoms with E-state index in [1.54, 1.807) is 0 Å². The number of halogens is 1. The van der Waals surface area contributed by atoms with Gasteiger partial charge in [0.15, 0.2) is 9.84 Å². The number of carbonyl (C=O) groups is 1. The van der Waals surface area contributed by atoms with E-state index in [0.29, 0.717) is 6.07 Å². The van der Waals surface area contributed by atoms with Crippen molar-refractivity contribution in [1.29, 1.82) is 0 Å². The second-order valence-electron chi connectivity index (χ2n) is 4.34. The average molecular weight is 324 g/mol. The van der Waals surface area contributed by atoms with Gasteiger partial charge in [0.05, 0.1) is 22.0 Å². The Labute approximate surface area is 116 Å². The van der Waals surface area contributed by atoms with Gasteiger partial charge < -0.3 is 5.11 Å². The predicted octanol–water partition coefficient (Wildman–Crippen LogP) is 0.651. The van der Waals surface area contributed by atoms with Crippen LogP contribution in [-0.2, 0) is 19.7 Å². The Bertz CT molecular complexity index is 749. The first kappa shape index (κ1) is 16.6. The van der Waals surface area contributed by atoms with Crippen LogP contribution in [0.1, 0.15) is 15.9 Å². The van der Waals surface area contributed by atoms with Crippen LogP contribution in [0, 0.1) is 12.7 Å². The van der Waals surface area contributed by atoms with Crippen LogP contribution in [0.25, 0.3) is 0 Å². The highest BCUT2D eigenvalue weighted by Gasteiger charge is 2.23. The van der Waals surface area contributed by atoms with E-state index >= 15 is 0 Å². The average Bonchev–Trinajstić information content (AvgIpc) is 2.28. The summed E-state index contributed by atoms with van der Waals surface area (Å²) < 4.78 is 59.6. The van der Waals surface area contributed by atoms with Crippen LogP contribution in [-0.4, -0.2) is 45.7 Å². The number of benzene rings is 1. The van der Waals surface area contributed by atoms with Gasteiger partial charge >= 0.3 is 5.97 Å². The number of hydrogen-bond acceptors (Lipinski definition) is 5. The minimum atomic E-state index is -4.09. The Kier molecular flexibility index (Phi) is 4.55. The van der Waals surface area contributed by atoms with Crippen molar-refractivity contribution in [2.75, 3.05) is 17.8 Å². The molecule has 0 aliphatic rings. The van der Waals surface area contributed by atoms with Crippen LogP contribution in [0.5, 0.6) is 0 Å². The van der Waals surface area contributed by atoms with Crippen molar-refractivity contribution in [3.05, 3.63) is 29.1 Å². The third-order valence-corrected chi connectivity index (χ3v) is 5.64. The van der Waals surface area contributed by atoms with Crippen LogP contribution in [0.4, 0.5) is 4.39 Å². The van der Waals surface area contributed by atoms with E-state index in [1.165, 1.54) is 6.92 Å². The molecule has 1 N–H and O–H groups in total. The van der Waals surface area contributed by atoms with Gasteiger partial charge in [0, 0.05) is 11.8 Å². The van der Waals surface area contributed by atoms with Gasteiger partial charge in [0.25, 0.3) is 0 Å². The topological polar surface area (TPSA) is 106 Å². The highest BCUT2D eigenvalue weighted by Crippen LogP contribution is 2.22. The number of rotatable bonds is 5. The minimum absolute atomic E-state index is 0.233. The van der Waals surface area contributed by atoms with Crippen LogP contribution < -0.4 is 0 Å². The van der Waals surface area contributed by atoms with Crippen LogP contribution >= 0.6 is 0 Å². The maximum Gasteiger partial charge on any atom is 0.335 e. The van der Waals surface area contributed by atoms with Crippen LogP contribution in [0.15, 0.2) is 17.0 Å². The summed E-state index contributed by atoms with van der Waals surface area (Å²) in [6.45, 7) is 1.19. The van der Waals surface area contributed by atoms with Crippen molar-refractivity contribution in [3.63, 3.8) is 0 Å². The van der Waals surface area contributed by atoms with Gasteiger partial charge in [0.1, 0.15) is 15.7 Å². The molecule has 0 unspecified atom stereocenters. The molecule has 0 aliphatic carbocycles. The van der Waals surface area contributed by atoms with Crippen molar-refractivity contribution in [1.82, 2.24) is 0 Å². The summed E-state index contributed by atoms with van der Waals surface area (Å²) >= 11 is 0. The molecule has 0 heterocycles. The van der Waals surface area contributed by atoms with Gasteiger partial charge in [-0.2, -0.15) is 0 Å². The van der Waals surface area contributed by atoms with E-state index in [0.717, 1.165) is 12.3 Å². The number of carboxylic acid groups (broad SMARTS) is 1. The van der Waals surface area contributed by atoms with E-state index in [-0.39, 0.29) is 5.56 Å². The zero-order valence-corrected chi connectivity index (χ0v) is 12.4. The quantitative estimate of drug-likeness (QED) is 0.852. The van der Waals surface area contributed by atoms with Crippen molar-refractivity contribution < 1.29 is 31.1 Å². The molecule has 1 aromatic rings. The second kappa shape index (κ2) is 5.49. The van der Waals surface area contributed by atoms with E-state index in [9.17, 15) is 26.0 Å². The van der Waals surface area contributed by atoms with Gasteiger partial charge in [-0.1, -0.05) is 0 Å². The summed E-state index contributed by atoms with van der Waals surface area (Å²) in [6.07, 6.45) is 0.879. The third kappa shape index (κ3) is 4.01. The van der Waals surface area contributed by atoms with Gasteiger partial charge in [-0.05, 0) is 19.1 Å². The van der Waals surface area contributed by atoms with Crippen molar-refractivity contribution in [3.8, 4) is 0 Å². The molecule has 1 rings (SSSR count). The Morgan fingerprint density at radius 3 is 2.20 bits per heavy atom. The van der Waals surface area contributed by atoms with Gasteiger partial charge in [-0.15, -0.1) is 0 Å². The summed E-state index contributed by atoms with van der Waals surface area (Å²) in [7, 11) is -7.59. The van der Waals surface area contributed by atoms with Gasteiger partial charge in [-0.3, -0.25) is 0 Å². The van der Waals surface area contributed by atoms with Gasteiger partial charge in [0.2, 0.25) is 0 Å². The highest BCUT2D eigenvalue weighted by atomic mass is 32.2. The van der Waals surface area contributed by atoms with Crippen molar-refractivity contribution in [2.45, 2.75) is 11.8 Å². The summed E-state index contributed by atoms with van der Waals surface area (Å²) in [5.74, 6) is -3.78. The standard InChI is InChI=1S/C11H13FO6S2/c1-7-9(12)5-8(11(13)14)6-10(7)20(17,18)4-3-19(2,15)16/h5-6H,3-4H2,1-2H3,(H,13,14). The number of aromatic carboxylic acids is 1. The fraction of sp³-hybridized carbons (Fsp3) is 0.364. The molecule has 0 aliphatic heterocycles. The lowest BCUT2D eigenvalue weighted by Crippen LogP contribution is -2.18. The lowest BCUT2D eigenvalue weighted by Gasteiger charge is -2.09. The molecule has 0 saturated carbocycles. The summed E-state index contributed by atoms with van der Waals surface area (Å²) in [5.41, 5.74) is -0.741. The molecule has 0 radical (unpaired) electrons. The van der Waals surface area contributed by atoms with Crippen molar-refractivity contribution in [2.24, 2.45) is 0 Å². The lowest BCUT2D eigenvalue weighted by molar-refractivity contribution is 0.0696. The molecule has 20 heavy (non-hydrogen) atoms. The predicted molar refractivity (Wildman–Crippen MR) is 69.9 cm³/mol. The Hall–Kier alpha value is -1.48. The van der Waals surface area contributed by atoms with E-state index in [1.807, 2.05) is 0 Å². The fourth-order valence-corrected chi connectivity index (χ4v) is 4.65. The summed E-state index contributed by atoms with van der Waals surface area (Å²) in [5, 5.41) is 8.79. The summed E-state index contributed by atoms with van der Waals surface area (Å²) in [4.78, 5) is 10.3. The Morgan fingerprint density at radius 2 is 1.75 bits per heavy atom. The molecule has 0 amide bonds. The molecule has 112 valence electrons. The molecule has 1 aromatic carbocycles. The zero-order valence-electron chi connectivity index (χ0n) is 10.8. The third-order valence-electron chi connectivity index (χ3n) is 2.60. The molecular formula is C11H13FO6S2. The molecule has 0 atom stereocenters. The smallest absolute Gasteiger partial charge is 0.335 e. The molecular weight excluding hydrogens is 311 g/mol. The molecule has 6 nitrogen and oxygen atoms in total. The normalized spacial score (nSPS) is 12.3. The van der Waals surface area contributed by atoms with E-state index in [2.05, 4.69) is 0 Å².